The minimum Gasteiger partial charge on any atom is -0.476 e. The maximum atomic E-state index is 13.3. The van der Waals surface area contributed by atoms with Crippen molar-refractivity contribution in [1.29, 1.82) is 0 Å². The van der Waals surface area contributed by atoms with Gasteiger partial charge in [0.1, 0.15) is 17.4 Å². The van der Waals surface area contributed by atoms with Gasteiger partial charge in [-0.05, 0) is 87.1 Å². The van der Waals surface area contributed by atoms with Crippen molar-refractivity contribution in [2.45, 2.75) is 63.3 Å². The molecule has 0 spiro atoms. The van der Waals surface area contributed by atoms with Crippen LogP contribution in [0.2, 0.25) is 5.02 Å². The number of amides is 2. The SMILES string of the molecule is CC(C)(Oc1ccc(-c2ccc(F)cc2)cc1Cl)C(=O)N[C@H]1C[C@H]2CC[C@@H](C1)N2c1ccc(C(N)=O)cn1. The van der Waals surface area contributed by atoms with E-state index in [1.165, 1.54) is 18.3 Å². The first-order valence-corrected chi connectivity index (χ1v) is 13.1. The van der Waals surface area contributed by atoms with Gasteiger partial charge in [0.25, 0.3) is 5.91 Å². The second-order valence-corrected chi connectivity index (χ2v) is 10.9. The van der Waals surface area contributed by atoms with Crippen molar-refractivity contribution in [3.05, 3.63) is 77.2 Å². The number of aromatic nitrogens is 1. The first-order valence-electron chi connectivity index (χ1n) is 12.7. The number of hydrogen-bond acceptors (Lipinski definition) is 5. The van der Waals surface area contributed by atoms with E-state index in [1.807, 2.05) is 12.1 Å². The number of rotatable bonds is 7. The highest BCUT2D eigenvalue weighted by molar-refractivity contribution is 6.32. The number of benzene rings is 2. The number of fused-ring (bicyclic) bond motifs is 2. The molecule has 9 heteroatoms. The number of anilines is 1. The van der Waals surface area contributed by atoms with Crippen LogP contribution >= 0.6 is 11.6 Å². The molecule has 198 valence electrons. The maximum absolute atomic E-state index is 13.3. The van der Waals surface area contributed by atoms with Crippen LogP contribution in [0.4, 0.5) is 10.2 Å². The van der Waals surface area contributed by atoms with Crippen LogP contribution in [0.15, 0.2) is 60.8 Å². The van der Waals surface area contributed by atoms with Crippen LogP contribution in [0.3, 0.4) is 0 Å². The molecule has 1 aromatic heterocycles. The Morgan fingerprint density at radius 1 is 1.05 bits per heavy atom. The lowest BCUT2D eigenvalue weighted by Crippen LogP contribution is -2.55. The molecule has 3 N–H and O–H groups in total. The van der Waals surface area contributed by atoms with Gasteiger partial charge in [0, 0.05) is 24.3 Å². The van der Waals surface area contributed by atoms with Gasteiger partial charge in [0.15, 0.2) is 5.60 Å². The number of carbonyl (C=O) groups is 2. The highest BCUT2D eigenvalue weighted by Crippen LogP contribution is 2.39. The second-order valence-electron chi connectivity index (χ2n) is 10.5. The zero-order valence-corrected chi connectivity index (χ0v) is 22.0. The third-order valence-electron chi connectivity index (χ3n) is 7.39. The molecule has 2 saturated heterocycles. The molecule has 2 aromatic carbocycles. The van der Waals surface area contributed by atoms with Gasteiger partial charge in [-0.25, -0.2) is 9.37 Å². The minimum absolute atomic E-state index is 0.0142. The Kier molecular flexibility index (Phi) is 7.01. The Balaban J connectivity index is 1.22. The summed E-state index contributed by atoms with van der Waals surface area (Å²) in [5.41, 5.74) is 6.23. The van der Waals surface area contributed by atoms with E-state index in [0.29, 0.717) is 16.3 Å². The Morgan fingerprint density at radius 3 is 2.29 bits per heavy atom. The second kappa shape index (κ2) is 10.3. The van der Waals surface area contributed by atoms with Crippen molar-refractivity contribution < 1.29 is 18.7 Å². The smallest absolute Gasteiger partial charge is 0.263 e. The van der Waals surface area contributed by atoms with Crippen molar-refractivity contribution in [3.8, 4) is 16.9 Å². The summed E-state index contributed by atoms with van der Waals surface area (Å²) in [4.78, 5) is 31.4. The van der Waals surface area contributed by atoms with Gasteiger partial charge in [-0.2, -0.15) is 0 Å². The van der Waals surface area contributed by atoms with Crippen LogP contribution < -0.4 is 20.7 Å². The fourth-order valence-electron chi connectivity index (χ4n) is 5.44. The molecule has 3 atom stereocenters. The molecule has 2 fully saturated rings. The van der Waals surface area contributed by atoms with E-state index in [4.69, 9.17) is 22.1 Å². The predicted octanol–water partition coefficient (Wildman–Crippen LogP) is 5.11. The van der Waals surface area contributed by atoms with Gasteiger partial charge < -0.3 is 20.7 Å². The molecule has 0 aliphatic carbocycles. The number of carbonyl (C=O) groups excluding carboxylic acids is 2. The zero-order chi connectivity index (χ0) is 27.0. The number of nitrogens with one attached hydrogen (secondary N) is 1. The van der Waals surface area contributed by atoms with Crippen LogP contribution in [-0.2, 0) is 4.79 Å². The summed E-state index contributed by atoms with van der Waals surface area (Å²) < 4.78 is 19.3. The molecular weight excluding hydrogens is 507 g/mol. The van der Waals surface area contributed by atoms with E-state index in [9.17, 15) is 14.0 Å². The largest absolute Gasteiger partial charge is 0.476 e. The standard InChI is InChI=1S/C29H30ClFN4O3/c1-29(2,38-25-11-5-18(13-24(25)30)17-3-7-20(31)8-4-17)28(37)34-21-14-22-9-10-23(15-21)35(22)26-12-6-19(16-33-26)27(32)36/h3-8,11-13,16,21-23H,9-10,14-15H2,1-2H3,(H2,32,36)(H,34,37)/t21-,22+,23-. The maximum Gasteiger partial charge on any atom is 0.263 e. The monoisotopic (exact) mass is 536 g/mol. The molecule has 0 saturated carbocycles. The fraction of sp³-hybridized carbons (Fsp3) is 0.345. The highest BCUT2D eigenvalue weighted by Gasteiger charge is 2.43. The van der Waals surface area contributed by atoms with Crippen molar-refractivity contribution in [1.82, 2.24) is 10.3 Å². The van der Waals surface area contributed by atoms with Crippen LogP contribution in [0, 0.1) is 5.82 Å². The molecule has 2 aliphatic rings. The lowest BCUT2D eigenvalue weighted by Gasteiger charge is -2.40. The number of halogens is 2. The average molecular weight is 537 g/mol. The predicted molar refractivity (Wildman–Crippen MR) is 145 cm³/mol. The summed E-state index contributed by atoms with van der Waals surface area (Å²) in [5.74, 6) is 0.218. The van der Waals surface area contributed by atoms with Crippen molar-refractivity contribution >= 4 is 29.2 Å². The Labute approximate surface area is 226 Å². The van der Waals surface area contributed by atoms with Crippen LogP contribution in [0.1, 0.15) is 49.9 Å². The topological polar surface area (TPSA) is 97.5 Å². The summed E-state index contributed by atoms with van der Waals surface area (Å²) in [6.45, 7) is 3.45. The summed E-state index contributed by atoms with van der Waals surface area (Å²) in [7, 11) is 0. The molecule has 7 nitrogen and oxygen atoms in total. The number of pyridine rings is 1. The molecule has 38 heavy (non-hydrogen) atoms. The first kappa shape index (κ1) is 26.0. The molecule has 0 unspecified atom stereocenters. The normalized spacial score (nSPS) is 20.7. The van der Waals surface area contributed by atoms with E-state index < -0.39 is 11.5 Å². The van der Waals surface area contributed by atoms with Crippen molar-refractivity contribution in [2.75, 3.05) is 4.90 Å². The van der Waals surface area contributed by atoms with Gasteiger partial charge in [0.2, 0.25) is 5.91 Å². The molecule has 0 radical (unpaired) electrons. The Morgan fingerprint density at radius 2 is 1.71 bits per heavy atom. The summed E-state index contributed by atoms with van der Waals surface area (Å²) in [6.07, 6.45) is 5.15. The van der Waals surface area contributed by atoms with E-state index >= 15 is 0 Å². The van der Waals surface area contributed by atoms with Gasteiger partial charge in [-0.15, -0.1) is 0 Å². The number of primary amides is 1. The Bertz CT molecular complexity index is 1330. The first-order chi connectivity index (χ1) is 18.1. The number of ether oxygens (including phenoxy) is 1. The molecule has 2 amide bonds. The molecular formula is C29H30ClFN4O3. The van der Waals surface area contributed by atoms with Gasteiger partial charge in [0.05, 0.1) is 10.6 Å². The third-order valence-corrected chi connectivity index (χ3v) is 7.68. The number of piperidine rings is 1. The van der Waals surface area contributed by atoms with Crippen LogP contribution in [-0.4, -0.2) is 40.5 Å². The number of nitrogens with two attached hydrogens (primary N) is 1. The average Bonchev–Trinajstić information content (AvgIpc) is 3.15. The van der Waals surface area contributed by atoms with E-state index in [1.54, 1.807) is 44.2 Å². The third kappa shape index (κ3) is 5.31. The lowest BCUT2D eigenvalue weighted by atomic mass is 9.96. The molecule has 3 aromatic rings. The fourth-order valence-corrected chi connectivity index (χ4v) is 5.66. The lowest BCUT2D eigenvalue weighted by molar-refractivity contribution is -0.135. The van der Waals surface area contributed by atoms with E-state index in [-0.39, 0.29) is 29.8 Å². The molecule has 2 bridgehead atoms. The quantitative estimate of drug-likeness (QED) is 0.437. The van der Waals surface area contributed by atoms with Gasteiger partial charge in [-0.3, -0.25) is 9.59 Å². The van der Waals surface area contributed by atoms with Crippen molar-refractivity contribution in [2.24, 2.45) is 5.73 Å². The van der Waals surface area contributed by atoms with Crippen LogP contribution in [0.25, 0.3) is 11.1 Å². The van der Waals surface area contributed by atoms with E-state index in [2.05, 4.69) is 15.2 Å². The summed E-state index contributed by atoms with van der Waals surface area (Å²) in [6, 6.07) is 15.5. The van der Waals surface area contributed by atoms with E-state index in [0.717, 1.165) is 42.6 Å². The van der Waals surface area contributed by atoms with Crippen molar-refractivity contribution in [3.63, 3.8) is 0 Å². The van der Waals surface area contributed by atoms with Gasteiger partial charge >= 0.3 is 0 Å². The Hall–Kier alpha value is -3.65. The van der Waals surface area contributed by atoms with Crippen LogP contribution in [0.5, 0.6) is 5.75 Å². The molecule has 5 rings (SSSR count). The zero-order valence-electron chi connectivity index (χ0n) is 21.3. The molecule has 2 aliphatic heterocycles. The minimum atomic E-state index is -1.15. The summed E-state index contributed by atoms with van der Waals surface area (Å²) >= 11 is 6.49. The highest BCUT2D eigenvalue weighted by atomic mass is 35.5. The molecule has 3 heterocycles. The number of nitrogens with zero attached hydrogens (tertiary/aromatic N) is 2. The van der Waals surface area contributed by atoms with Gasteiger partial charge in [-0.1, -0.05) is 29.8 Å². The summed E-state index contributed by atoms with van der Waals surface area (Å²) in [5, 5.41) is 3.56. The number of hydrogen-bond donors (Lipinski definition) is 2.